The van der Waals surface area contributed by atoms with E-state index in [-0.39, 0.29) is 0 Å². The molecule has 0 atom stereocenters. The average Bonchev–Trinajstić information content (AvgIpc) is 2.79. The summed E-state index contributed by atoms with van der Waals surface area (Å²) in [6.45, 7) is 7.41. The van der Waals surface area contributed by atoms with Gasteiger partial charge in [0.2, 0.25) is 0 Å². The van der Waals surface area contributed by atoms with Crippen molar-refractivity contribution in [3.05, 3.63) is 65.2 Å². The fourth-order valence-electron chi connectivity index (χ4n) is 4.56. The first kappa shape index (κ1) is 23.1. The second kappa shape index (κ2) is 11.7. The van der Waals surface area contributed by atoms with Crippen molar-refractivity contribution in [2.45, 2.75) is 52.4 Å². The van der Waals surface area contributed by atoms with Crippen molar-refractivity contribution in [1.82, 2.24) is 4.90 Å². The molecule has 2 aromatic rings. The van der Waals surface area contributed by atoms with E-state index in [1.165, 1.54) is 43.5 Å². The van der Waals surface area contributed by atoms with Gasteiger partial charge in [0.15, 0.2) is 0 Å². The lowest BCUT2D eigenvalue weighted by atomic mass is 9.89. The van der Waals surface area contributed by atoms with Crippen LogP contribution >= 0.6 is 0 Å². The Kier molecular flexibility index (Phi) is 8.74. The van der Waals surface area contributed by atoms with Gasteiger partial charge < -0.3 is 9.64 Å². The summed E-state index contributed by atoms with van der Waals surface area (Å²) in [4.78, 5) is 2.43. The molecular formula is C28H36N2O. The highest BCUT2D eigenvalue weighted by Crippen LogP contribution is 2.32. The molecule has 0 radical (unpaired) electrons. The highest BCUT2D eigenvalue weighted by Gasteiger charge is 2.16. The summed E-state index contributed by atoms with van der Waals surface area (Å²) in [6.07, 6.45) is 11.1. The maximum absolute atomic E-state index is 9.62. The van der Waals surface area contributed by atoms with Gasteiger partial charge in [0.1, 0.15) is 5.75 Å². The fraction of sp³-hybridized carbons (Fsp3) is 0.464. The Labute approximate surface area is 188 Å². The van der Waals surface area contributed by atoms with Crippen molar-refractivity contribution in [2.24, 2.45) is 5.92 Å². The van der Waals surface area contributed by atoms with Gasteiger partial charge >= 0.3 is 0 Å². The van der Waals surface area contributed by atoms with E-state index < -0.39 is 0 Å². The molecule has 1 aliphatic rings. The number of allylic oxidation sites excluding steroid dienone is 2. The van der Waals surface area contributed by atoms with E-state index in [0.29, 0.717) is 0 Å². The molecule has 0 amide bonds. The summed E-state index contributed by atoms with van der Waals surface area (Å²) in [5, 5.41) is 9.62. The number of hydrogen-bond acceptors (Lipinski definition) is 3. The third-order valence-corrected chi connectivity index (χ3v) is 6.44. The quantitative estimate of drug-likeness (QED) is 0.344. The molecule has 1 aliphatic heterocycles. The summed E-state index contributed by atoms with van der Waals surface area (Å²) in [5.74, 6) is 1.79. The molecule has 1 fully saturated rings. The van der Waals surface area contributed by atoms with Crippen molar-refractivity contribution in [1.29, 1.82) is 5.26 Å². The van der Waals surface area contributed by atoms with Crippen LogP contribution in [0.3, 0.4) is 0 Å². The van der Waals surface area contributed by atoms with Crippen LogP contribution in [0.25, 0.3) is 11.1 Å². The van der Waals surface area contributed by atoms with Gasteiger partial charge in [-0.3, -0.25) is 0 Å². The predicted molar refractivity (Wildman–Crippen MR) is 129 cm³/mol. The van der Waals surface area contributed by atoms with Gasteiger partial charge in [0.25, 0.3) is 0 Å². The lowest BCUT2D eigenvalue weighted by Gasteiger charge is -2.28. The summed E-state index contributed by atoms with van der Waals surface area (Å²) >= 11 is 0. The van der Waals surface area contributed by atoms with Gasteiger partial charge in [-0.05, 0) is 119 Å². The summed E-state index contributed by atoms with van der Waals surface area (Å²) in [6, 6.07) is 14.8. The largest absolute Gasteiger partial charge is 0.494 e. The maximum Gasteiger partial charge on any atom is 0.119 e. The highest BCUT2D eigenvalue weighted by atomic mass is 16.5. The molecule has 0 bridgehead atoms. The molecule has 1 saturated heterocycles. The number of likely N-dealkylation sites (tertiary alicyclic amines) is 1. The first-order valence-corrected chi connectivity index (χ1v) is 11.7. The van der Waals surface area contributed by atoms with E-state index in [1.54, 1.807) is 0 Å². The normalized spacial score (nSPS) is 15.3. The molecule has 0 aliphatic carbocycles. The van der Waals surface area contributed by atoms with Crippen molar-refractivity contribution in [2.75, 3.05) is 26.7 Å². The minimum Gasteiger partial charge on any atom is -0.494 e. The molecule has 0 unspecified atom stereocenters. The van der Waals surface area contributed by atoms with E-state index in [4.69, 9.17) is 4.74 Å². The van der Waals surface area contributed by atoms with Crippen LogP contribution in [0, 0.1) is 24.2 Å². The summed E-state index contributed by atoms with van der Waals surface area (Å²) in [5.41, 5.74) is 5.48. The Bertz CT molecular complexity index is 900. The number of nitriles is 1. The topological polar surface area (TPSA) is 36.3 Å². The molecule has 3 heteroatoms. The van der Waals surface area contributed by atoms with Crippen LogP contribution in [0.5, 0.6) is 5.75 Å². The maximum atomic E-state index is 9.62. The Morgan fingerprint density at radius 2 is 1.87 bits per heavy atom. The second-order valence-electron chi connectivity index (χ2n) is 8.76. The molecule has 1 heterocycles. The number of aryl methyl sites for hydroxylation is 1. The van der Waals surface area contributed by atoms with Crippen LogP contribution in [0.1, 0.15) is 55.7 Å². The Morgan fingerprint density at radius 3 is 2.55 bits per heavy atom. The summed E-state index contributed by atoms with van der Waals surface area (Å²) < 4.78 is 6.02. The zero-order valence-electron chi connectivity index (χ0n) is 19.4. The van der Waals surface area contributed by atoms with Gasteiger partial charge in [-0.1, -0.05) is 30.4 Å². The standard InChI is InChI=1S/C28H36N2O/c1-4-5-6-9-27-25(21-29)11-10-22(2)28(27)24-12-14-26(15-13-24)31-20-7-8-23-16-18-30(3)19-17-23/h4-5,10-15,23H,6-9,16-20H2,1-3H3/b5-4+. The van der Waals surface area contributed by atoms with Gasteiger partial charge in [-0.25, -0.2) is 0 Å². The van der Waals surface area contributed by atoms with Crippen LogP contribution in [-0.4, -0.2) is 31.6 Å². The third kappa shape index (κ3) is 6.45. The van der Waals surface area contributed by atoms with Crippen molar-refractivity contribution < 1.29 is 4.74 Å². The molecule has 0 spiro atoms. The van der Waals surface area contributed by atoms with Crippen LogP contribution in [0.4, 0.5) is 0 Å². The van der Waals surface area contributed by atoms with Gasteiger partial charge in [0.05, 0.1) is 18.2 Å². The van der Waals surface area contributed by atoms with Crippen molar-refractivity contribution >= 4 is 0 Å². The minimum atomic E-state index is 0.777. The lowest BCUT2D eigenvalue weighted by molar-refractivity contribution is 0.200. The zero-order valence-corrected chi connectivity index (χ0v) is 19.4. The number of piperidine rings is 1. The Balaban J connectivity index is 1.62. The molecule has 0 aromatic heterocycles. The first-order chi connectivity index (χ1) is 15.1. The van der Waals surface area contributed by atoms with Crippen LogP contribution in [-0.2, 0) is 6.42 Å². The molecule has 164 valence electrons. The molecular weight excluding hydrogens is 380 g/mol. The molecule has 3 rings (SSSR count). The first-order valence-electron chi connectivity index (χ1n) is 11.7. The summed E-state index contributed by atoms with van der Waals surface area (Å²) in [7, 11) is 2.21. The fourth-order valence-corrected chi connectivity index (χ4v) is 4.56. The van der Waals surface area contributed by atoms with Gasteiger partial charge in [0, 0.05) is 0 Å². The monoisotopic (exact) mass is 416 g/mol. The number of benzene rings is 2. The smallest absolute Gasteiger partial charge is 0.119 e. The van der Waals surface area contributed by atoms with E-state index in [1.807, 2.05) is 13.0 Å². The van der Waals surface area contributed by atoms with Crippen molar-refractivity contribution in [3.63, 3.8) is 0 Å². The molecule has 3 nitrogen and oxygen atoms in total. The number of hydrogen-bond donors (Lipinski definition) is 0. The van der Waals surface area contributed by atoms with Crippen LogP contribution in [0.2, 0.25) is 0 Å². The van der Waals surface area contributed by atoms with E-state index in [0.717, 1.165) is 54.2 Å². The zero-order chi connectivity index (χ0) is 22.1. The number of nitrogens with zero attached hydrogens (tertiary/aromatic N) is 2. The lowest BCUT2D eigenvalue weighted by Crippen LogP contribution is -2.30. The van der Waals surface area contributed by atoms with Gasteiger partial charge in [-0.2, -0.15) is 5.26 Å². The van der Waals surface area contributed by atoms with E-state index in [2.05, 4.69) is 67.4 Å². The highest BCUT2D eigenvalue weighted by molar-refractivity contribution is 5.74. The third-order valence-electron chi connectivity index (χ3n) is 6.44. The molecule has 31 heavy (non-hydrogen) atoms. The molecule has 0 N–H and O–H groups in total. The van der Waals surface area contributed by atoms with Crippen LogP contribution in [0.15, 0.2) is 48.6 Å². The van der Waals surface area contributed by atoms with E-state index >= 15 is 0 Å². The number of ether oxygens (including phenoxy) is 1. The van der Waals surface area contributed by atoms with Gasteiger partial charge in [-0.15, -0.1) is 0 Å². The van der Waals surface area contributed by atoms with Crippen molar-refractivity contribution in [3.8, 4) is 22.9 Å². The Morgan fingerprint density at radius 1 is 1.13 bits per heavy atom. The Hall–Kier alpha value is -2.57. The minimum absolute atomic E-state index is 0.777. The van der Waals surface area contributed by atoms with E-state index in [9.17, 15) is 5.26 Å². The SMILES string of the molecule is C/C=C/CCc1c(C#N)ccc(C)c1-c1ccc(OCCCC2CCN(C)CC2)cc1. The van der Waals surface area contributed by atoms with Crippen LogP contribution < -0.4 is 4.74 Å². The average molecular weight is 417 g/mol. The second-order valence-corrected chi connectivity index (χ2v) is 8.76. The molecule has 2 aromatic carbocycles. The predicted octanol–water partition coefficient (Wildman–Crippen LogP) is 6.54. The number of rotatable bonds is 9. The molecule has 0 saturated carbocycles.